The molecule has 0 aliphatic carbocycles. The fraction of sp³-hybridized carbons (Fsp3) is 0.467. The second-order valence-electron chi connectivity index (χ2n) is 5.43. The molecule has 2 N–H and O–H groups in total. The second-order valence-corrected chi connectivity index (χ2v) is 5.83. The van der Waals surface area contributed by atoms with Gasteiger partial charge in [0.25, 0.3) is 11.8 Å². The quantitative estimate of drug-likeness (QED) is 0.828. The molecule has 5 nitrogen and oxygen atoms in total. The fourth-order valence-electron chi connectivity index (χ4n) is 2.43. The van der Waals surface area contributed by atoms with Crippen molar-refractivity contribution >= 4 is 29.1 Å². The van der Waals surface area contributed by atoms with Gasteiger partial charge in [-0.3, -0.25) is 9.59 Å². The summed E-state index contributed by atoms with van der Waals surface area (Å²) in [6, 6.07) is 7.11. The Morgan fingerprint density at radius 3 is 2.57 bits per heavy atom. The smallest absolute Gasteiger partial charge is 0.279 e. The number of likely N-dealkylation sites (tertiary alicyclic amines) is 1. The lowest BCUT2D eigenvalue weighted by atomic mass is 10.3. The molecule has 114 valence electrons. The van der Waals surface area contributed by atoms with Gasteiger partial charge in [0, 0.05) is 13.1 Å². The van der Waals surface area contributed by atoms with Crippen LogP contribution >= 0.6 is 11.6 Å². The average Bonchev–Trinajstić information content (AvgIpc) is 2.95. The Morgan fingerprint density at radius 2 is 1.90 bits per heavy atom. The fourth-order valence-corrected chi connectivity index (χ4v) is 2.61. The number of hydrogen-bond acceptors (Lipinski definition) is 2. The van der Waals surface area contributed by atoms with E-state index in [1.807, 2.05) is 24.1 Å². The number of nitrogens with zero attached hydrogens (tertiary/aromatic N) is 1. The van der Waals surface area contributed by atoms with Crippen molar-refractivity contribution in [2.45, 2.75) is 12.8 Å². The molecule has 2 rings (SSSR count). The lowest BCUT2D eigenvalue weighted by molar-refractivity contribution is -0.862. The number of carbonyl (C=O) groups is 2. The van der Waals surface area contributed by atoms with Gasteiger partial charge in [0.1, 0.15) is 0 Å². The highest BCUT2D eigenvalue weighted by Gasteiger charge is 2.22. The third-order valence-electron chi connectivity index (χ3n) is 3.52. The summed E-state index contributed by atoms with van der Waals surface area (Å²) >= 11 is 5.99. The lowest BCUT2D eigenvalue weighted by Gasteiger charge is -2.18. The Morgan fingerprint density at radius 1 is 1.24 bits per heavy atom. The van der Waals surface area contributed by atoms with Gasteiger partial charge in [0.05, 0.1) is 17.8 Å². The van der Waals surface area contributed by atoms with Crippen LogP contribution in [0.4, 0.5) is 5.69 Å². The largest absolute Gasteiger partial charge is 0.338 e. The van der Waals surface area contributed by atoms with Crippen LogP contribution in [-0.2, 0) is 9.59 Å². The molecule has 1 atom stereocenters. The molecule has 0 bridgehead atoms. The van der Waals surface area contributed by atoms with Gasteiger partial charge in [-0.2, -0.15) is 0 Å². The highest BCUT2D eigenvalue weighted by molar-refractivity contribution is 6.33. The molecule has 0 spiro atoms. The van der Waals surface area contributed by atoms with Gasteiger partial charge in [0.2, 0.25) is 0 Å². The summed E-state index contributed by atoms with van der Waals surface area (Å²) in [5.41, 5.74) is 0.600. The molecule has 1 aromatic rings. The van der Waals surface area contributed by atoms with Crippen molar-refractivity contribution in [1.29, 1.82) is 0 Å². The van der Waals surface area contributed by atoms with Gasteiger partial charge in [-0.1, -0.05) is 23.7 Å². The number of likely N-dealkylation sites (N-methyl/N-ethyl adjacent to an activating group) is 1. The molecular weight excluding hydrogens is 290 g/mol. The van der Waals surface area contributed by atoms with Crippen molar-refractivity contribution in [3.05, 3.63) is 29.3 Å². The van der Waals surface area contributed by atoms with Crippen LogP contribution in [-0.4, -0.2) is 49.9 Å². The summed E-state index contributed by atoms with van der Waals surface area (Å²) in [4.78, 5) is 26.7. The van der Waals surface area contributed by atoms with Gasteiger partial charge >= 0.3 is 0 Å². The van der Waals surface area contributed by atoms with Crippen LogP contribution in [0.2, 0.25) is 5.02 Å². The van der Waals surface area contributed by atoms with Crippen LogP contribution < -0.4 is 10.2 Å². The van der Waals surface area contributed by atoms with Crippen molar-refractivity contribution in [1.82, 2.24) is 4.90 Å². The van der Waals surface area contributed by atoms with Crippen molar-refractivity contribution in [3.8, 4) is 0 Å². The normalized spacial score (nSPS) is 15.8. The zero-order chi connectivity index (χ0) is 15.2. The van der Waals surface area contributed by atoms with Gasteiger partial charge in [-0.05, 0) is 25.0 Å². The summed E-state index contributed by atoms with van der Waals surface area (Å²) in [7, 11) is 1.85. The summed E-state index contributed by atoms with van der Waals surface area (Å²) in [5, 5.41) is 3.28. The zero-order valence-corrected chi connectivity index (χ0v) is 12.9. The van der Waals surface area contributed by atoms with Gasteiger partial charge in [-0.15, -0.1) is 0 Å². The van der Waals surface area contributed by atoms with E-state index < -0.39 is 0 Å². The summed E-state index contributed by atoms with van der Waals surface area (Å²) < 4.78 is 0. The first-order valence-electron chi connectivity index (χ1n) is 7.19. The maximum atomic E-state index is 12.0. The molecule has 1 aliphatic heterocycles. The molecule has 1 aliphatic rings. The van der Waals surface area contributed by atoms with E-state index in [4.69, 9.17) is 11.6 Å². The van der Waals surface area contributed by atoms with Crippen LogP contribution in [0.1, 0.15) is 12.8 Å². The van der Waals surface area contributed by atoms with Crippen molar-refractivity contribution in [2.24, 2.45) is 0 Å². The molecular formula is C15H21ClN3O2+. The summed E-state index contributed by atoms with van der Waals surface area (Å²) in [6.45, 7) is 2.27. The number of benzene rings is 1. The summed E-state index contributed by atoms with van der Waals surface area (Å²) in [6.07, 6.45) is 2.16. The molecule has 1 heterocycles. The van der Waals surface area contributed by atoms with E-state index >= 15 is 0 Å². The number of quaternary nitrogens is 1. The molecule has 1 unspecified atom stereocenters. The van der Waals surface area contributed by atoms with E-state index in [1.165, 1.54) is 0 Å². The number of hydrogen-bond donors (Lipinski definition) is 2. The highest BCUT2D eigenvalue weighted by atomic mass is 35.5. The highest BCUT2D eigenvalue weighted by Crippen LogP contribution is 2.19. The minimum Gasteiger partial charge on any atom is -0.338 e. The van der Waals surface area contributed by atoms with E-state index in [2.05, 4.69) is 5.32 Å². The predicted octanol–water partition coefficient (Wildman–Crippen LogP) is 0.416. The molecule has 1 saturated heterocycles. The van der Waals surface area contributed by atoms with Crippen LogP contribution in [0.5, 0.6) is 0 Å². The molecule has 1 fully saturated rings. The Bertz CT molecular complexity index is 515. The Hall–Kier alpha value is -1.59. The van der Waals surface area contributed by atoms with E-state index in [-0.39, 0.29) is 18.4 Å². The Balaban J connectivity index is 1.79. The third kappa shape index (κ3) is 4.72. The van der Waals surface area contributed by atoms with E-state index in [0.717, 1.165) is 30.8 Å². The maximum Gasteiger partial charge on any atom is 0.279 e. The molecule has 2 amide bonds. The van der Waals surface area contributed by atoms with Gasteiger partial charge < -0.3 is 15.1 Å². The van der Waals surface area contributed by atoms with Crippen LogP contribution in [0.25, 0.3) is 0 Å². The second kappa shape index (κ2) is 7.43. The predicted molar refractivity (Wildman–Crippen MR) is 82.5 cm³/mol. The zero-order valence-electron chi connectivity index (χ0n) is 12.2. The molecule has 21 heavy (non-hydrogen) atoms. The molecule has 0 radical (unpaired) electrons. The Kier molecular flexibility index (Phi) is 5.59. The maximum absolute atomic E-state index is 12.0. The standard InChI is InChI=1S/C15H20ClN3O2/c1-18(11-15(21)19-8-4-5-9-19)10-14(20)17-13-7-3-2-6-12(13)16/h2-3,6-7H,4-5,8-11H2,1H3,(H,17,20)/p+1. The first-order valence-corrected chi connectivity index (χ1v) is 7.57. The number of carbonyl (C=O) groups excluding carboxylic acids is 2. The number of anilines is 1. The number of para-hydroxylation sites is 1. The van der Waals surface area contributed by atoms with Crippen LogP contribution in [0.15, 0.2) is 24.3 Å². The van der Waals surface area contributed by atoms with E-state index in [1.54, 1.807) is 12.1 Å². The Labute approximate surface area is 129 Å². The third-order valence-corrected chi connectivity index (χ3v) is 3.85. The number of amides is 2. The first-order chi connectivity index (χ1) is 10.1. The van der Waals surface area contributed by atoms with E-state index in [0.29, 0.717) is 17.3 Å². The van der Waals surface area contributed by atoms with E-state index in [9.17, 15) is 9.59 Å². The van der Waals surface area contributed by atoms with Crippen molar-refractivity contribution in [2.75, 3.05) is 38.5 Å². The number of nitrogens with one attached hydrogen (secondary N) is 2. The number of halogens is 1. The monoisotopic (exact) mass is 310 g/mol. The average molecular weight is 311 g/mol. The molecule has 6 heteroatoms. The summed E-state index contributed by atoms with van der Waals surface area (Å²) in [5.74, 6) is -0.0228. The van der Waals surface area contributed by atoms with Crippen LogP contribution in [0, 0.1) is 0 Å². The molecule has 0 saturated carbocycles. The molecule has 1 aromatic carbocycles. The van der Waals surface area contributed by atoms with Gasteiger partial charge in [-0.25, -0.2) is 0 Å². The van der Waals surface area contributed by atoms with Crippen molar-refractivity contribution in [3.63, 3.8) is 0 Å². The molecule has 0 aromatic heterocycles. The first kappa shape index (κ1) is 15.8. The van der Waals surface area contributed by atoms with Crippen LogP contribution in [0.3, 0.4) is 0 Å². The number of rotatable bonds is 5. The minimum absolute atomic E-state index is 0.121. The van der Waals surface area contributed by atoms with Gasteiger partial charge in [0.15, 0.2) is 13.1 Å². The lowest BCUT2D eigenvalue weighted by Crippen LogP contribution is -3.11. The SMILES string of the molecule is C[NH+](CC(=O)Nc1ccccc1Cl)CC(=O)N1CCCC1. The topological polar surface area (TPSA) is 53.9 Å². The minimum atomic E-state index is -0.144. The van der Waals surface area contributed by atoms with Crippen molar-refractivity contribution < 1.29 is 14.5 Å².